The molecule has 0 unspecified atom stereocenters. The zero-order chi connectivity index (χ0) is 8.39. The Bertz CT molecular complexity index is 400. The van der Waals surface area contributed by atoms with Crippen LogP contribution in [-0.2, 0) is 5.75 Å². The summed E-state index contributed by atoms with van der Waals surface area (Å²) in [5, 5.41) is 9.17. The van der Waals surface area contributed by atoms with E-state index in [2.05, 4.69) is 22.8 Å². The molecule has 2 nitrogen and oxygen atoms in total. The predicted octanol–water partition coefficient (Wildman–Crippen LogP) is 2.06. The van der Waals surface area contributed by atoms with Gasteiger partial charge in [0.25, 0.3) is 0 Å². The van der Waals surface area contributed by atoms with Crippen molar-refractivity contribution in [2.24, 2.45) is 0 Å². The summed E-state index contributed by atoms with van der Waals surface area (Å²) in [7, 11) is 0. The van der Waals surface area contributed by atoms with Gasteiger partial charge in [0, 0.05) is 11.1 Å². The molecule has 0 fully saturated rings. The van der Waals surface area contributed by atoms with Crippen LogP contribution in [0.3, 0.4) is 0 Å². The molecule has 0 aliphatic rings. The van der Waals surface area contributed by atoms with E-state index in [9.17, 15) is 0 Å². The number of hydrogen-bond acceptors (Lipinski definition) is 3. The molecule has 3 heteroatoms. The lowest BCUT2D eigenvalue weighted by atomic mass is 10.2. The summed E-state index contributed by atoms with van der Waals surface area (Å²) < 4.78 is 0. The number of benzene rings is 1. The van der Waals surface area contributed by atoms with Crippen LogP contribution in [0, 0.1) is 0 Å². The van der Waals surface area contributed by atoms with Crippen LogP contribution in [0.5, 0.6) is 0 Å². The monoisotopic (exact) mass is 176 g/mol. The Hall–Kier alpha value is -1.09. The smallest absolute Gasteiger partial charge is 0.0929 e. The maximum atomic E-state index is 4.13. The van der Waals surface area contributed by atoms with Gasteiger partial charge >= 0.3 is 0 Å². The molecule has 0 aliphatic heterocycles. The Morgan fingerprint density at radius 1 is 1.17 bits per heavy atom. The van der Waals surface area contributed by atoms with Crippen LogP contribution < -0.4 is 0 Å². The van der Waals surface area contributed by atoms with E-state index in [0.717, 1.165) is 16.6 Å². The quantitative estimate of drug-likeness (QED) is 0.673. The Morgan fingerprint density at radius 3 is 2.83 bits per heavy atom. The molecule has 0 spiro atoms. The maximum Gasteiger partial charge on any atom is 0.0929 e. The molecular weight excluding hydrogens is 168 g/mol. The number of rotatable bonds is 1. The molecule has 2 rings (SSSR count). The van der Waals surface area contributed by atoms with Crippen molar-refractivity contribution in [2.45, 2.75) is 5.75 Å². The molecule has 0 bridgehead atoms. The van der Waals surface area contributed by atoms with Crippen LogP contribution in [0.15, 0.2) is 30.3 Å². The first kappa shape index (κ1) is 7.55. The minimum absolute atomic E-state index is 0.637. The van der Waals surface area contributed by atoms with Crippen molar-refractivity contribution in [2.75, 3.05) is 0 Å². The van der Waals surface area contributed by atoms with Gasteiger partial charge in [0.05, 0.1) is 11.2 Å². The molecule has 2 aromatic rings. The summed E-state index contributed by atoms with van der Waals surface area (Å²) in [6.45, 7) is 0. The highest BCUT2D eigenvalue weighted by atomic mass is 32.1. The van der Waals surface area contributed by atoms with Crippen LogP contribution in [0.1, 0.15) is 5.69 Å². The summed E-state index contributed by atoms with van der Waals surface area (Å²) in [6.07, 6.45) is 0. The van der Waals surface area contributed by atoms with Crippen LogP contribution in [0.2, 0.25) is 0 Å². The van der Waals surface area contributed by atoms with E-state index in [1.165, 1.54) is 0 Å². The lowest BCUT2D eigenvalue weighted by Gasteiger charge is -1.96. The fourth-order valence-electron chi connectivity index (χ4n) is 1.10. The second kappa shape index (κ2) is 3.11. The van der Waals surface area contributed by atoms with Crippen molar-refractivity contribution < 1.29 is 0 Å². The summed E-state index contributed by atoms with van der Waals surface area (Å²) in [6, 6.07) is 9.93. The zero-order valence-electron chi connectivity index (χ0n) is 6.44. The van der Waals surface area contributed by atoms with Gasteiger partial charge in [-0.3, -0.25) is 0 Å². The molecule has 1 aromatic heterocycles. The van der Waals surface area contributed by atoms with Crippen LogP contribution in [-0.4, -0.2) is 10.2 Å². The summed E-state index contributed by atoms with van der Waals surface area (Å²) in [4.78, 5) is 0. The first-order valence-electron chi connectivity index (χ1n) is 3.72. The molecule has 0 N–H and O–H groups in total. The second-order valence-electron chi connectivity index (χ2n) is 2.55. The number of fused-ring (bicyclic) bond motifs is 1. The van der Waals surface area contributed by atoms with Gasteiger partial charge in [-0.05, 0) is 12.1 Å². The molecule has 0 saturated heterocycles. The van der Waals surface area contributed by atoms with Crippen molar-refractivity contribution in [1.29, 1.82) is 0 Å². The molecule has 1 heterocycles. The minimum Gasteiger partial charge on any atom is -0.173 e. The second-order valence-corrected chi connectivity index (χ2v) is 2.87. The molecule has 0 atom stereocenters. The lowest BCUT2D eigenvalue weighted by molar-refractivity contribution is 1.01. The van der Waals surface area contributed by atoms with Crippen LogP contribution in [0.4, 0.5) is 0 Å². The Morgan fingerprint density at radius 2 is 2.00 bits per heavy atom. The molecule has 12 heavy (non-hydrogen) atoms. The third-order valence-electron chi connectivity index (χ3n) is 1.71. The van der Waals surface area contributed by atoms with Gasteiger partial charge < -0.3 is 0 Å². The average molecular weight is 176 g/mol. The molecule has 60 valence electrons. The van der Waals surface area contributed by atoms with Gasteiger partial charge in [-0.25, -0.2) is 0 Å². The van der Waals surface area contributed by atoms with E-state index >= 15 is 0 Å². The molecule has 0 amide bonds. The highest BCUT2D eigenvalue weighted by Crippen LogP contribution is 2.11. The van der Waals surface area contributed by atoms with Gasteiger partial charge in [-0.15, -0.1) is 0 Å². The van der Waals surface area contributed by atoms with E-state index in [1.807, 2.05) is 30.3 Å². The number of aromatic nitrogens is 2. The molecule has 0 aliphatic carbocycles. The highest BCUT2D eigenvalue weighted by molar-refractivity contribution is 7.79. The first-order chi connectivity index (χ1) is 5.90. The summed E-state index contributed by atoms with van der Waals surface area (Å²) in [5.41, 5.74) is 1.85. The van der Waals surface area contributed by atoms with Crippen LogP contribution in [0.25, 0.3) is 10.9 Å². The van der Waals surface area contributed by atoms with E-state index in [-0.39, 0.29) is 0 Å². The lowest BCUT2D eigenvalue weighted by Crippen LogP contribution is -1.89. The fourth-order valence-corrected chi connectivity index (χ4v) is 1.26. The Balaban J connectivity index is 2.67. The van der Waals surface area contributed by atoms with Crippen molar-refractivity contribution in [1.82, 2.24) is 10.2 Å². The largest absolute Gasteiger partial charge is 0.173 e. The summed E-state index contributed by atoms with van der Waals surface area (Å²) >= 11 is 4.13. The number of thiol groups is 1. The fraction of sp³-hybridized carbons (Fsp3) is 0.111. The van der Waals surface area contributed by atoms with E-state index < -0.39 is 0 Å². The van der Waals surface area contributed by atoms with Gasteiger partial charge in [0.15, 0.2) is 0 Å². The van der Waals surface area contributed by atoms with Crippen LogP contribution >= 0.6 is 12.6 Å². The topological polar surface area (TPSA) is 25.8 Å². The molecule has 0 saturated carbocycles. The number of nitrogens with zero attached hydrogens (tertiary/aromatic N) is 2. The van der Waals surface area contributed by atoms with E-state index in [0.29, 0.717) is 5.75 Å². The molecule has 0 radical (unpaired) electrons. The standard InChI is InChI=1S/C9H8N2S/c12-6-8-5-7-3-1-2-4-9(7)11-10-8/h1-5,12H,6H2. The predicted molar refractivity (Wildman–Crippen MR) is 52.2 cm³/mol. The van der Waals surface area contributed by atoms with E-state index in [1.54, 1.807) is 0 Å². The van der Waals surface area contributed by atoms with Gasteiger partial charge in [-0.2, -0.15) is 22.8 Å². The van der Waals surface area contributed by atoms with Gasteiger partial charge in [0.1, 0.15) is 0 Å². The third kappa shape index (κ3) is 1.28. The van der Waals surface area contributed by atoms with Crippen molar-refractivity contribution in [3.8, 4) is 0 Å². The van der Waals surface area contributed by atoms with E-state index in [4.69, 9.17) is 0 Å². The van der Waals surface area contributed by atoms with Gasteiger partial charge in [-0.1, -0.05) is 18.2 Å². The Labute approximate surface area is 76.0 Å². The average Bonchev–Trinajstić information content (AvgIpc) is 2.17. The Kier molecular flexibility index (Phi) is 1.96. The highest BCUT2D eigenvalue weighted by Gasteiger charge is 1.95. The molecule has 1 aromatic carbocycles. The van der Waals surface area contributed by atoms with Crippen molar-refractivity contribution in [3.63, 3.8) is 0 Å². The summed E-state index contributed by atoms with van der Waals surface area (Å²) in [5.74, 6) is 0.637. The third-order valence-corrected chi connectivity index (χ3v) is 2.03. The molecular formula is C9H8N2S. The SMILES string of the molecule is SCc1cc2ccccc2nn1. The zero-order valence-corrected chi connectivity index (χ0v) is 7.33. The maximum absolute atomic E-state index is 4.13. The van der Waals surface area contributed by atoms with Gasteiger partial charge in [0.2, 0.25) is 0 Å². The number of hydrogen-bond donors (Lipinski definition) is 1. The normalized spacial score (nSPS) is 10.4. The van der Waals surface area contributed by atoms with Crippen molar-refractivity contribution >= 4 is 23.5 Å². The minimum atomic E-state index is 0.637. The van der Waals surface area contributed by atoms with Crippen molar-refractivity contribution in [3.05, 3.63) is 36.0 Å². The first-order valence-corrected chi connectivity index (χ1v) is 4.35.